The van der Waals surface area contributed by atoms with Crippen LogP contribution in [0.3, 0.4) is 0 Å². The first-order valence-electron chi connectivity index (χ1n) is 10.2. The molecule has 0 radical (unpaired) electrons. The zero-order valence-corrected chi connectivity index (χ0v) is 15.1. The Morgan fingerprint density at radius 1 is 0.773 bits per heavy atom. The number of carbonyl (C=O) groups is 1. The Morgan fingerprint density at radius 3 is 2.09 bits per heavy atom. The van der Waals surface area contributed by atoms with Crippen molar-refractivity contribution in [2.45, 2.75) is 97.3 Å². The number of hydrogen-bond acceptors (Lipinski definition) is 1. The van der Waals surface area contributed by atoms with Crippen molar-refractivity contribution in [2.75, 3.05) is 0 Å². The highest BCUT2D eigenvalue weighted by Crippen LogP contribution is 2.38. The molecule has 0 N–H and O–H groups in total. The third kappa shape index (κ3) is 5.39. The molecule has 2 aliphatic carbocycles. The fourth-order valence-corrected chi connectivity index (χ4v) is 5.23. The molecule has 22 heavy (non-hydrogen) atoms. The SMILES string of the molecule is CC1CCCC(C)C1CCCCCCC1CCCCC1C=O. The second-order valence-electron chi connectivity index (χ2n) is 8.39. The van der Waals surface area contributed by atoms with E-state index in [1.807, 2.05) is 0 Å². The molecule has 0 heterocycles. The summed E-state index contributed by atoms with van der Waals surface area (Å²) < 4.78 is 0. The van der Waals surface area contributed by atoms with Crippen molar-refractivity contribution in [1.29, 1.82) is 0 Å². The third-order valence-electron chi connectivity index (χ3n) is 6.79. The maximum atomic E-state index is 11.1. The van der Waals surface area contributed by atoms with Crippen LogP contribution in [0.5, 0.6) is 0 Å². The van der Waals surface area contributed by atoms with E-state index >= 15 is 0 Å². The summed E-state index contributed by atoms with van der Waals surface area (Å²) in [5.41, 5.74) is 0. The average Bonchev–Trinajstić information content (AvgIpc) is 2.53. The van der Waals surface area contributed by atoms with E-state index in [0.717, 1.165) is 24.2 Å². The molecular weight excluding hydrogens is 268 g/mol. The van der Waals surface area contributed by atoms with Crippen LogP contribution in [0.15, 0.2) is 0 Å². The van der Waals surface area contributed by atoms with Crippen molar-refractivity contribution >= 4 is 6.29 Å². The lowest BCUT2D eigenvalue weighted by molar-refractivity contribution is -0.113. The van der Waals surface area contributed by atoms with Crippen LogP contribution in [-0.2, 0) is 4.79 Å². The number of carbonyl (C=O) groups excluding carboxylic acids is 1. The smallest absolute Gasteiger partial charge is 0.123 e. The second-order valence-corrected chi connectivity index (χ2v) is 8.39. The Bertz CT molecular complexity index is 301. The van der Waals surface area contributed by atoms with Crippen LogP contribution in [0.25, 0.3) is 0 Å². The molecule has 0 bridgehead atoms. The molecule has 2 saturated carbocycles. The van der Waals surface area contributed by atoms with Crippen LogP contribution in [0.1, 0.15) is 97.3 Å². The Hall–Kier alpha value is -0.330. The largest absolute Gasteiger partial charge is 0.303 e. The molecule has 0 aromatic carbocycles. The summed E-state index contributed by atoms with van der Waals surface area (Å²) in [6.45, 7) is 4.95. The van der Waals surface area contributed by atoms with Crippen LogP contribution in [-0.4, -0.2) is 6.29 Å². The fraction of sp³-hybridized carbons (Fsp3) is 0.952. The van der Waals surface area contributed by atoms with Gasteiger partial charge in [-0.1, -0.05) is 71.6 Å². The Balaban J connectivity index is 1.54. The zero-order valence-electron chi connectivity index (χ0n) is 15.1. The maximum Gasteiger partial charge on any atom is 0.123 e. The van der Waals surface area contributed by atoms with Crippen molar-refractivity contribution in [3.63, 3.8) is 0 Å². The molecule has 0 saturated heterocycles. The molecule has 0 spiro atoms. The molecule has 1 heteroatoms. The minimum atomic E-state index is 0.387. The van der Waals surface area contributed by atoms with Crippen molar-refractivity contribution in [1.82, 2.24) is 0 Å². The van der Waals surface area contributed by atoms with Gasteiger partial charge < -0.3 is 4.79 Å². The number of unbranched alkanes of at least 4 members (excludes halogenated alkanes) is 3. The zero-order chi connectivity index (χ0) is 15.8. The molecule has 2 aliphatic rings. The average molecular weight is 307 g/mol. The molecule has 4 atom stereocenters. The van der Waals surface area contributed by atoms with E-state index in [4.69, 9.17) is 0 Å². The lowest BCUT2D eigenvalue weighted by Crippen LogP contribution is -2.24. The van der Waals surface area contributed by atoms with E-state index in [1.165, 1.54) is 83.3 Å². The van der Waals surface area contributed by atoms with Crippen molar-refractivity contribution in [2.24, 2.45) is 29.6 Å². The predicted molar refractivity (Wildman–Crippen MR) is 94.9 cm³/mol. The summed E-state index contributed by atoms with van der Waals surface area (Å²) in [7, 11) is 0. The molecule has 0 aliphatic heterocycles. The summed E-state index contributed by atoms with van der Waals surface area (Å²) in [6, 6.07) is 0. The van der Waals surface area contributed by atoms with Gasteiger partial charge in [0, 0.05) is 5.92 Å². The quantitative estimate of drug-likeness (QED) is 0.374. The fourth-order valence-electron chi connectivity index (χ4n) is 5.23. The molecule has 0 aromatic rings. The van der Waals surface area contributed by atoms with Gasteiger partial charge in [-0.3, -0.25) is 0 Å². The van der Waals surface area contributed by atoms with E-state index < -0.39 is 0 Å². The van der Waals surface area contributed by atoms with Gasteiger partial charge in [-0.15, -0.1) is 0 Å². The summed E-state index contributed by atoms with van der Waals surface area (Å²) in [5, 5.41) is 0. The maximum absolute atomic E-state index is 11.1. The summed E-state index contributed by atoms with van der Waals surface area (Å²) >= 11 is 0. The molecule has 128 valence electrons. The first-order chi connectivity index (χ1) is 10.7. The second kappa shape index (κ2) is 9.73. The monoisotopic (exact) mass is 306 g/mol. The van der Waals surface area contributed by atoms with Crippen LogP contribution < -0.4 is 0 Å². The van der Waals surface area contributed by atoms with E-state index in [2.05, 4.69) is 13.8 Å². The Morgan fingerprint density at radius 2 is 1.41 bits per heavy atom. The van der Waals surface area contributed by atoms with Gasteiger partial charge in [0.05, 0.1) is 0 Å². The molecule has 1 nitrogen and oxygen atoms in total. The predicted octanol–water partition coefficient (Wildman–Crippen LogP) is 6.40. The third-order valence-corrected chi connectivity index (χ3v) is 6.79. The number of hydrogen-bond donors (Lipinski definition) is 0. The minimum Gasteiger partial charge on any atom is -0.303 e. The Kier molecular flexibility index (Phi) is 7.97. The van der Waals surface area contributed by atoms with Crippen LogP contribution in [0.2, 0.25) is 0 Å². The number of rotatable bonds is 8. The minimum absolute atomic E-state index is 0.387. The van der Waals surface area contributed by atoms with Gasteiger partial charge in [0.25, 0.3) is 0 Å². The van der Waals surface area contributed by atoms with Crippen LogP contribution in [0.4, 0.5) is 0 Å². The number of aldehydes is 1. The molecule has 0 amide bonds. The lowest BCUT2D eigenvalue weighted by Gasteiger charge is -2.34. The van der Waals surface area contributed by atoms with E-state index in [-0.39, 0.29) is 0 Å². The van der Waals surface area contributed by atoms with Crippen molar-refractivity contribution in [3.8, 4) is 0 Å². The van der Waals surface area contributed by atoms with E-state index in [9.17, 15) is 4.79 Å². The highest BCUT2D eigenvalue weighted by Gasteiger charge is 2.27. The molecule has 4 unspecified atom stereocenters. The highest BCUT2D eigenvalue weighted by molar-refractivity contribution is 5.54. The van der Waals surface area contributed by atoms with Gasteiger partial charge in [0.2, 0.25) is 0 Å². The Labute approximate surface area is 138 Å². The van der Waals surface area contributed by atoms with E-state index in [0.29, 0.717) is 11.8 Å². The van der Waals surface area contributed by atoms with Gasteiger partial charge in [0.15, 0.2) is 0 Å². The highest BCUT2D eigenvalue weighted by atomic mass is 16.1. The summed E-state index contributed by atoms with van der Waals surface area (Å²) in [5.74, 6) is 4.01. The van der Waals surface area contributed by atoms with Crippen molar-refractivity contribution < 1.29 is 4.79 Å². The van der Waals surface area contributed by atoms with Gasteiger partial charge >= 0.3 is 0 Å². The normalized spacial score (nSPS) is 36.2. The first-order valence-corrected chi connectivity index (χ1v) is 10.2. The molecule has 2 fully saturated rings. The van der Waals surface area contributed by atoms with E-state index in [1.54, 1.807) is 0 Å². The van der Waals surface area contributed by atoms with Gasteiger partial charge in [-0.25, -0.2) is 0 Å². The van der Waals surface area contributed by atoms with Gasteiger partial charge in [-0.05, 0) is 49.4 Å². The summed E-state index contributed by atoms with van der Waals surface area (Å²) in [4.78, 5) is 11.1. The standard InChI is InChI=1S/C21H38O/c1-17-10-9-11-18(2)21(17)15-6-4-3-5-12-19-13-7-8-14-20(19)16-22/h16-21H,3-15H2,1-2H3. The summed E-state index contributed by atoms with van der Waals surface area (Å²) in [6.07, 6.45) is 19.1. The van der Waals surface area contributed by atoms with Crippen LogP contribution >= 0.6 is 0 Å². The van der Waals surface area contributed by atoms with Gasteiger partial charge in [-0.2, -0.15) is 0 Å². The first kappa shape index (κ1) is 18.0. The van der Waals surface area contributed by atoms with Crippen molar-refractivity contribution in [3.05, 3.63) is 0 Å². The molecule has 0 aromatic heterocycles. The molecule has 2 rings (SSSR count). The topological polar surface area (TPSA) is 17.1 Å². The lowest BCUT2D eigenvalue weighted by atomic mass is 9.71. The van der Waals surface area contributed by atoms with Gasteiger partial charge in [0.1, 0.15) is 6.29 Å². The van der Waals surface area contributed by atoms with Crippen LogP contribution in [0, 0.1) is 29.6 Å². The molecular formula is C21H38O.